The molecule has 1 aliphatic carbocycles. The first-order valence-electron chi connectivity index (χ1n) is 10.6. The summed E-state index contributed by atoms with van der Waals surface area (Å²) in [5.41, 5.74) is -1.90. The zero-order chi connectivity index (χ0) is 21.5. The first-order valence-corrected chi connectivity index (χ1v) is 12.2. The standard InChI is InChI=1S/C20H35N2O6P/c1-6-25-29(24,26-7-2)16(19(23)27-20(3,4)5)14-17-21-18(22-28-17)15-12-10-8-9-11-13-15/h15-16H,6-14H2,1-5H3. The van der Waals surface area contributed by atoms with Gasteiger partial charge in [0.2, 0.25) is 5.89 Å². The predicted octanol–water partition coefficient (Wildman–Crippen LogP) is 5.03. The number of rotatable bonds is 9. The second-order valence-corrected chi connectivity index (χ2v) is 10.6. The van der Waals surface area contributed by atoms with Crippen molar-refractivity contribution in [3.63, 3.8) is 0 Å². The van der Waals surface area contributed by atoms with Gasteiger partial charge in [-0.2, -0.15) is 4.98 Å². The molecule has 1 unspecified atom stereocenters. The highest BCUT2D eigenvalue weighted by Gasteiger charge is 2.45. The molecule has 9 heteroatoms. The van der Waals surface area contributed by atoms with Gasteiger partial charge in [0.25, 0.3) is 0 Å². The minimum atomic E-state index is -3.77. The molecule has 1 atom stereocenters. The van der Waals surface area contributed by atoms with Crippen molar-refractivity contribution < 1.29 is 27.7 Å². The van der Waals surface area contributed by atoms with Gasteiger partial charge in [-0.25, -0.2) is 0 Å². The molecule has 1 aromatic heterocycles. The van der Waals surface area contributed by atoms with Crippen molar-refractivity contribution in [3.8, 4) is 0 Å². The van der Waals surface area contributed by atoms with E-state index >= 15 is 0 Å². The number of aromatic nitrogens is 2. The van der Waals surface area contributed by atoms with E-state index in [1.807, 2.05) is 0 Å². The number of carbonyl (C=O) groups is 1. The number of carbonyl (C=O) groups excluding carboxylic acids is 1. The summed E-state index contributed by atoms with van der Waals surface area (Å²) in [6.07, 6.45) is 6.78. The highest BCUT2D eigenvalue weighted by Crippen LogP contribution is 2.54. The van der Waals surface area contributed by atoms with Crippen LogP contribution in [0.3, 0.4) is 0 Å². The Bertz CT molecular complexity index is 681. The molecule has 0 radical (unpaired) electrons. The molecule has 0 spiro atoms. The molecular weight excluding hydrogens is 395 g/mol. The van der Waals surface area contributed by atoms with Crippen LogP contribution in [0.2, 0.25) is 0 Å². The van der Waals surface area contributed by atoms with Gasteiger partial charge in [0.1, 0.15) is 5.60 Å². The van der Waals surface area contributed by atoms with Crippen molar-refractivity contribution in [1.29, 1.82) is 0 Å². The summed E-state index contributed by atoms with van der Waals surface area (Å²) < 4.78 is 35.1. The van der Waals surface area contributed by atoms with E-state index in [9.17, 15) is 9.36 Å². The van der Waals surface area contributed by atoms with Crippen LogP contribution in [-0.2, 0) is 29.6 Å². The summed E-state index contributed by atoms with van der Waals surface area (Å²) in [6, 6.07) is 0. The fourth-order valence-corrected chi connectivity index (χ4v) is 5.34. The third-order valence-corrected chi connectivity index (χ3v) is 7.14. The van der Waals surface area contributed by atoms with Crippen LogP contribution in [-0.4, -0.2) is 40.6 Å². The van der Waals surface area contributed by atoms with Gasteiger partial charge in [0, 0.05) is 5.92 Å². The summed E-state index contributed by atoms with van der Waals surface area (Å²) in [5, 5.41) is 4.13. The molecule has 1 heterocycles. The number of hydrogen-bond donors (Lipinski definition) is 0. The van der Waals surface area contributed by atoms with Crippen LogP contribution in [0.4, 0.5) is 0 Å². The Balaban J connectivity index is 2.24. The lowest BCUT2D eigenvalue weighted by molar-refractivity contribution is -0.154. The monoisotopic (exact) mass is 430 g/mol. The second kappa shape index (κ2) is 10.7. The second-order valence-electron chi connectivity index (χ2n) is 8.36. The molecule has 166 valence electrons. The van der Waals surface area contributed by atoms with E-state index in [4.69, 9.17) is 18.3 Å². The van der Waals surface area contributed by atoms with Gasteiger partial charge >= 0.3 is 13.6 Å². The van der Waals surface area contributed by atoms with E-state index in [2.05, 4.69) is 10.1 Å². The average molecular weight is 430 g/mol. The van der Waals surface area contributed by atoms with Gasteiger partial charge in [-0.15, -0.1) is 0 Å². The van der Waals surface area contributed by atoms with Crippen LogP contribution >= 0.6 is 7.60 Å². The third-order valence-electron chi connectivity index (χ3n) is 4.75. The molecule has 8 nitrogen and oxygen atoms in total. The lowest BCUT2D eigenvalue weighted by atomic mass is 10.00. The van der Waals surface area contributed by atoms with Crippen LogP contribution in [0.1, 0.15) is 90.8 Å². The minimum absolute atomic E-state index is 0.0497. The lowest BCUT2D eigenvalue weighted by Gasteiger charge is -2.27. The summed E-state index contributed by atoms with van der Waals surface area (Å²) in [7, 11) is -3.77. The topological polar surface area (TPSA) is 101 Å². The Morgan fingerprint density at radius 3 is 2.24 bits per heavy atom. The highest BCUT2D eigenvalue weighted by molar-refractivity contribution is 7.55. The summed E-state index contributed by atoms with van der Waals surface area (Å²) in [6.45, 7) is 8.96. The van der Waals surface area contributed by atoms with Crippen molar-refractivity contribution in [2.45, 2.75) is 96.7 Å². The van der Waals surface area contributed by atoms with Gasteiger partial charge in [-0.05, 0) is 47.5 Å². The van der Waals surface area contributed by atoms with E-state index in [0.29, 0.717) is 5.82 Å². The maximum absolute atomic E-state index is 13.4. The lowest BCUT2D eigenvalue weighted by Crippen LogP contribution is -2.34. The van der Waals surface area contributed by atoms with Crippen molar-refractivity contribution in [1.82, 2.24) is 10.1 Å². The Labute approximate surface area is 173 Å². The maximum atomic E-state index is 13.4. The summed E-state index contributed by atoms with van der Waals surface area (Å²) in [4.78, 5) is 17.4. The summed E-state index contributed by atoms with van der Waals surface area (Å²) in [5.74, 6) is 0.518. The van der Waals surface area contributed by atoms with E-state index in [0.717, 1.165) is 25.7 Å². The van der Waals surface area contributed by atoms with Crippen molar-refractivity contribution in [2.75, 3.05) is 13.2 Å². The van der Waals surface area contributed by atoms with Crippen LogP contribution in [0.15, 0.2) is 4.52 Å². The Morgan fingerprint density at radius 2 is 1.72 bits per heavy atom. The molecule has 1 saturated carbocycles. The predicted molar refractivity (Wildman–Crippen MR) is 109 cm³/mol. The smallest absolute Gasteiger partial charge is 0.345 e. The third kappa shape index (κ3) is 7.19. The zero-order valence-electron chi connectivity index (χ0n) is 18.3. The van der Waals surface area contributed by atoms with Crippen LogP contribution in [0.5, 0.6) is 0 Å². The normalized spacial score (nSPS) is 17.7. The van der Waals surface area contributed by atoms with Crippen molar-refractivity contribution in [2.24, 2.45) is 0 Å². The molecular formula is C20H35N2O6P. The average Bonchev–Trinajstić information content (AvgIpc) is 2.91. The van der Waals surface area contributed by atoms with Crippen LogP contribution in [0.25, 0.3) is 0 Å². The number of hydrogen-bond acceptors (Lipinski definition) is 8. The molecule has 0 aliphatic heterocycles. The molecule has 1 fully saturated rings. The van der Waals surface area contributed by atoms with E-state index in [-0.39, 0.29) is 31.4 Å². The van der Waals surface area contributed by atoms with Crippen molar-refractivity contribution in [3.05, 3.63) is 11.7 Å². The van der Waals surface area contributed by atoms with Gasteiger partial charge in [-0.3, -0.25) is 9.36 Å². The van der Waals surface area contributed by atoms with Crippen LogP contribution < -0.4 is 0 Å². The Kier molecular flexibility index (Phi) is 8.86. The molecule has 0 bridgehead atoms. The highest BCUT2D eigenvalue weighted by atomic mass is 31.2. The van der Waals surface area contributed by atoms with Gasteiger partial charge in [0.15, 0.2) is 11.5 Å². The van der Waals surface area contributed by atoms with Crippen LogP contribution in [0, 0.1) is 0 Å². The molecule has 1 aliphatic rings. The molecule has 0 saturated heterocycles. The van der Waals surface area contributed by atoms with Crippen molar-refractivity contribution >= 4 is 13.6 Å². The van der Waals surface area contributed by atoms with Gasteiger partial charge < -0.3 is 18.3 Å². The first kappa shape index (κ1) is 24.0. The number of ether oxygens (including phenoxy) is 1. The van der Waals surface area contributed by atoms with E-state index in [1.54, 1.807) is 34.6 Å². The molecule has 29 heavy (non-hydrogen) atoms. The fourth-order valence-electron chi connectivity index (χ4n) is 3.49. The summed E-state index contributed by atoms with van der Waals surface area (Å²) >= 11 is 0. The fraction of sp³-hybridized carbons (Fsp3) is 0.850. The van der Waals surface area contributed by atoms with E-state index < -0.39 is 24.8 Å². The van der Waals surface area contributed by atoms with Gasteiger partial charge in [-0.1, -0.05) is 30.8 Å². The maximum Gasteiger partial charge on any atom is 0.345 e. The SMILES string of the molecule is CCOP(=O)(OCC)C(Cc1nc(C2CCCCCC2)no1)C(=O)OC(C)(C)C. The molecule has 0 amide bonds. The quantitative estimate of drug-likeness (QED) is 0.306. The largest absolute Gasteiger partial charge is 0.459 e. The Hall–Kier alpha value is -1.24. The van der Waals surface area contributed by atoms with E-state index in [1.165, 1.54) is 12.8 Å². The molecule has 0 aromatic carbocycles. The first-order chi connectivity index (χ1) is 13.7. The van der Waals surface area contributed by atoms with Gasteiger partial charge in [0.05, 0.1) is 19.6 Å². The zero-order valence-corrected chi connectivity index (χ0v) is 19.2. The number of esters is 1. The minimum Gasteiger partial charge on any atom is -0.459 e. The number of nitrogens with zero attached hydrogens (tertiary/aromatic N) is 2. The molecule has 1 aromatic rings. The molecule has 0 N–H and O–H groups in total. The molecule has 2 rings (SSSR count). The Morgan fingerprint density at radius 1 is 1.14 bits per heavy atom.